The number of hydrogen-bond acceptors (Lipinski definition) is 9. The molecule has 0 aliphatic carbocycles. The van der Waals surface area contributed by atoms with Crippen LogP contribution in [0.4, 0.5) is 0 Å². The van der Waals surface area contributed by atoms with Gasteiger partial charge in [-0.1, -0.05) is 18.2 Å². The van der Waals surface area contributed by atoms with Crippen LogP contribution in [0.5, 0.6) is 0 Å². The molecule has 150 valence electrons. The van der Waals surface area contributed by atoms with Crippen LogP contribution < -0.4 is 5.32 Å². The number of esters is 3. The van der Waals surface area contributed by atoms with Crippen molar-refractivity contribution in [3.8, 4) is 0 Å². The minimum absolute atomic E-state index is 0.308. The van der Waals surface area contributed by atoms with E-state index in [0.717, 1.165) is 21.0 Å². The second-order valence-electron chi connectivity index (χ2n) is 6.22. The standard InChI is InChI=1S/C18H19NO9/c1-9(20)25-12-13(26-10(2)21)16(19-15(22)11-7-5-4-6-8-11)28-18(14(12)27-18)17(23)24-3/h4-8,12-14,16H,1-3H3,(H,19,22)/t12-,13-,14+,16-,18+/m1/s1. The quantitative estimate of drug-likeness (QED) is 0.414. The van der Waals surface area contributed by atoms with Gasteiger partial charge in [0, 0.05) is 19.4 Å². The van der Waals surface area contributed by atoms with Gasteiger partial charge in [-0.2, -0.15) is 0 Å². The van der Waals surface area contributed by atoms with Gasteiger partial charge in [-0.25, -0.2) is 4.79 Å². The second kappa shape index (κ2) is 7.56. The minimum Gasteiger partial charge on any atom is -0.465 e. The number of methoxy groups -OCH3 is 1. The lowest BCUT2D eigenvalue weighted by atomic mass is 10.00. The summed E-state index contributed by atoms with van der Waals surface area (Å²) in [5.41, 5.74) is 0.308. The van der Waals surface area contributed by atoms with Gasteiger partial charge in [0.15, 0.2) is 24.5 Å². The van der Waals surface area contributed by atoms with E-state index in [1.807, 2.05) is 0 Å². The van der Waals surface area contributed by atoms with E-state index in [2.05, 4.69) is 5.32 Å². The molecule has 0 unspecified atom stereocenters. The van der Waals surface area contributed by atoms with Gasteiger partial charge in [0.25, 0.3) is 5.91 Å². The van der Waals surface area contributed by atoms with E-state index in [1.165, 1.54) is 0 Å². The van der Waals surface area contributed by atoms with Gasteiger partial charge >= 0.3 is 23.7 Å². The number of ether oxygens (including phenoxy) is 5. The lowest BCUT2D eigenvalue weighted by Gasteiger charge is -2.36. The van der Waals surface area contributed by atoms with E-state index < -0.39 is 54.1 Å². The predicted octanol–water partition coefficient (Wildman–Crippen LogP) is -0.0958. The Bertz CT molecular complexity index is 796. The highest BCUT2D eigenvalue weighted by Crippen LogP contribution is 2.48. The molecule has 5 atom stereocenters. The summed E-state index contributed by atoms with van der Waals surface area (Å²) in [5, 5.41) is 2.54. The molecule has 2 saturated heterocycles. The number of rotatable bonds is 5. The zero-order valence-electron chi connectivity index (χ0n) is 15.4. The molecule has 10 nitrogen and oxygen atoms in total. The van der Waals surface area contributed by atoms with Crippen LogP contribution in [0.2, 0.25) is 0 Å². The summed E-state index contributed by atoms with van der Waals surface area (Å²) in [4.78, 5) is 47.8. The van der Waals surface area contributed by atoms with Crippen LogP contribution in [0.1, 0.15) is 24.2 Å². The third-order valence-corrected chi connectivity index (χ3v) is 4.23. The molecule has 1 aromatic carbocycles. The van der Waals surface area contributed by atoms with Gasteiger partial charge in [0.05, 0.1) is 7.11 Å². The third kappa shape index (κ3) is 3.69. The first-order valence-corrected chi connectivity index (χ1v) is 8.43. The largest absolute Gasteiger partial charge is 0.465 e. The molecule has 2 aliphatic rings. The van der Waals surface area contributed by atoms with Crippen molar-refractivity contribution >= 4 is 23.8 Å². The van der Waals surface area contributed by atoms with Crippen molar-refractivity contribution in [1.82, 2.24) is 5.32 Å². The molecule has 0 radical (unpaired) electrons. The third-order valence-electron chi connectivity index (χ3n) is 4.23. The monoisotopic (exact) mass is 393 g/mol. The number of epoxide rings is 1. The van der Waals surface area contributed by atoms with Crippen LogP contribution in [-0.4, -0.2) is 61.3 Å². The van der Waals surface area contributed by atoms with Crippen molar-refractivity contribution in [2.45, 2.75) is 44.2 Å². The van der Waals surface area contributed by atoms with Crippen molar-refractivity contribution in [3.05, 3.63) is 35.9 Å². The Hall–Kier alpha value is -2.98. The number of carbonyl (C=O) groups excluding carboxylic acids is 4. The Kier molecular flexibility index (Phi) is 5.34. The minimum atomic E-state index is -1.86. The number of benzene rings is 1. The van der Waals surface area contributed by atoms with Crippen LogP contribution in [0.15, 0.2) is 30.3 Å². The molecule has 1 N–H and O–H groups in total. The van der Waals surface area contributed by atoms with Gasteiger partial charge in [0.1, 0.15) is 0 Å². The Labute approximate surface area is 160 Å². The van der Waals surface area contributed by atoms with E-state index in [1.54, 1.807) is 30.3 Å². The Balaban J connectivity index is 1.91. The smallest absolute Gasteiger partial charge is 0.369 e. The van der Waals surface area contributed by atoms with Crippen molar-refractivity contribution in [2.75, 3.05) is 7.11 Å². The maximum atomic E-state index is 12.5. The molecule has 10 heteroatoms. The number of carbonyl (C=O) groups is 4. The van der Waals surface area contributed by atoms with E-state index in [9.17, 15) is 19.2 Å². The average molecular weight is 393 g/mol. The fourth-order valence-electron chi connectivity index (χ4n) is 3.04. The normalized spacial score (nSPS) is 30.4. The van der Waals surface area contributed by atoms with Gasteiger partial charge < -0.3 is 29.0 Å². The van der Waals surface area contributed by atoms with E-state index in [0.29, 0.717) is 5.56 Å². The molecule has 3 rings (SSSR count). The van der Waals surface area contributed by atoms with E-state index in [-0.39, 0.29) is 0 Å². The van der Waals surface area contributed by atoms with Crippen LogP contribution in [0.25, 0.3) is 0 Å². The Morgan fingerprint density at radius 3 is 2.14 bits per heavy atom. The summed E-state index contributed by atoms with van der Waals surface area (Å²) >= 11 is 0. The van der Waals surface area contributed by atoms with Gasteiger partial charge in [0.2, 0.25) is 0 Å². The number of nitrogens with one attached hydrogen (secondary N) is 1. The first-order chi connectivity index (χ1) is 13.3. The van der Waals surface area contributed by atoms with Crippen LogP contribution in [-0.2, 0) is 38.1 Å². The molecule has 0 bridgehead atoms. The average Bonchev–Trinajstić information content (AvgIpc) is 3.39. The molecule has 2 fully saturated rings. The molecule has 1 amide bonds. The van der Waals surface area contributed by atoms with Crippen molar-refractivity contribution in [2.24, 2.45) is 0 Å². The maximum absolute atomic E-state index is 12.5. The van der Waals surface area contributed by atoms with Crippen molar-refractivity contribution < 1.29 is 42.9 Å². The van der Waals surface area contributed by atoms with E-state index >= 15 is 0 Å². The molecular weight excluding hydrogens is 374 g/mol. The lowest BCUT2D eigenvalue weighted by molar-refractivity contribution is -0.217. The zero-order valence-corrected chi connectivity index (χ0v) is 15.4. The number of fused-ring (bicyclic) bond motifs is 1. The fraction of sp³-hybridized carbons (Fsp3) is 0.444. The van der Waals surface area contributed by atoms with Crippen LogP contribution in [0, 0.1) is 0 Å². The predicted molar refractivity (Wildman–Crippen MR) is 89.5 cm³/mol. The van der Waals surface area contributed by atoms with E-state index in [4.69, 9.17) is 23.7 Å². The Morgan fingerprint density at radius 1 is 0.964 bits per heavy atom. The number of amides is 1. The topological polar surface area (TPSA) is 130 Å². The summed E-state index contributed by atoms with van der Waals surface area (Å²) in [5.74, 6) is -4.67. The molecule has 1 aromatic rings. The number of hydrogen-bond donors (Lipinski definition) is 1. The van der Waals surface area contributed by atoms with Crippen molar-refractivity contribution in [1.29, 1.82) is 0 Å². The second-order valence-corrected chi connectivity index (χ2v) is 6.22. The maximum Gasteiger partial charge on any atom is 0.369 e. The summed E-state index contributed by atoms with van der Waals surface area (Å²) in [6.07, 6.45) is -4.80. The highest BCUT2D eigenvalue weighted by Gasteiger charge is 2.76. The van der Waals surface area contributed by atoms with Crippen molar-refractivity contribution in [3.63, 3.8) is 0 Å². The first-order valence-electron chi connectivity index (χ1n) is 8.43. The van der Waals surface area contributed by atoms with Gasteiger partial charge in [-0.05, 0) is 12.1 Å². The summed E-state index contributed by atoms with van der Waals surface area (Å²) in [7, 11) is 1.13. The SMILES string of the molecule is COC(=O)[C@@]12O[C@@H](NC(=O)c3ccccc3)[C@H](OC(C)=O)[C@@H](OC(C)=O)[C@@H]1O2. The summed E-state index contributed by atoms with van der Waals surface area (Å²) < 4.78 is 26.1. The molecule has 28 heavy (non-hydrogen) atoms. The van der Waals surface area contributed by atoms with Gasteiger partial charge in [-0.15, -0.1) is 0 Å². The molecule has 0 saturated carbocycles. The van der Waals surface area contributed by atoms with Gasteiger partial charge in [-0.3, -0.25) is 14.4 Å². The lowest BCUT2D eigenvalue weighted by Crippen LogP contribution is -2.62. The molecule has 0 aromatic heterocycles. The highest BCUT2D eigenvalue weighted by atomic mass is 16.8. The summed E-state index contributed by atoms with van der Waals surface area (Å²) in [6.45, 7) is 2.30. The first kappa shape index (κ1) is 19.8. The fourth-order valence-corrected chi connectivity index (χ4v) is 3.04. The van der Waals surface area contributed by atoms with Crippen LogP contribution >= 0.6 is 0 Å². The highest BCUT2D eigenvalue weighted by molar-refractivity contribution is 5.94. The molecule has 0 spiro atoms. The summed E-state index contributed by atoms with van der Waals surface area (Å²) in [6, 6.07) is 8.20. The Morgan fingerprint density at radius 2 is 1.57 bits per heavy atom. The molecule has 2 aliphatic heterocycles. The van der Waals surface area contributed by atoms with Crippen LogP contribution in [0.3, 0.4) is 0 Å². The zero-order chi connectivity index (χ0) is 20.5. The molecule has 2 heterocycles. The molecular formula is C18H19NO9.